The van der Waals surface area contributed by atoms with E-state index in [9.17, 15) is 4.39 Å². The number of fused-ring (bicyclic) bond motifs is 2. The predicted molar refractivity (Wildman–Crippen MR) is 141 cm³/mol. The summed E-state index contributed by atoms with van der Waals surface area (Å²) in [7, 11) is 0. The molecule has 0 radical (unpaired) electrons. The van der Waals surface area contributed by atoms with Gasteiger partial charge in [0.05, 0.1) is 12.6 Å². The SMILES string of the molecule is Fc1ccc2c(c1)COC1C=CC=CC1N2C[C@H]1CCCN1CCc1ccc(N2CCCC2)cc1. The summed E-state index contributed by atoms with van der Waals surface area (Å²) in [4.78, 5) is 7.64. The summed E-state index contributed by atoms with van der Waals surface area (Å²) in [6.07, 6.45) is 14.7. The first-order valence-corrected chi connectivity index (χ1v) is 13.3. The van der Waals surface area contributed by atoms with Crippen molar-refractivity contribution in [2.75, 3.05) is 42.5 Å². The van der Waals surface area contributed by atoms with Crippen molar-refractivity contribution < 1.29 is 9.13 Å². The van der Waals surface area contributed by atoms with Gasteiger partial charge in [0.1, 0.15) is 11.9 Å². The average molecular weight is 474 g/mol. The molecule has 2 fully saturated rings. The predicted octanol–water partition coefficient (Wildman–Crippen LogP) is 5.33. The fourth-order valence-electron chi connectivity index (χ4n) is 6.27. The van der Waals surface area contributed by atoms with Crippen LogP contribution < -0.4 is 9.80 Å². The lowest BCUT2D eigenvalue weighted by Gasteiger charge is -2.38. The summed E-state index contributed by atoms with van der Waals surface area (Å²) in [5.74, 6) is -0.193. The minimum absolute atomic E-state index is 0.000522. The van der Waals surface area contributed by atoms with Crippen LogP contribution in [0.15, 0.2) is 66.8 Å². The molecule has 5 heteroatoms. The molecule has 184 valence electrons. The topological polar surface area (TPSA) is 19.0 Å². The van der Waals surface area contributed by atoms with Crippen molar-refractivity contribution in [3.63, 3.8) is 0 Å². The summed E-state index contributed by atoms with van der Waals surface area (Å²) in [6.45, 7) is 6.01. The van der Waals surface area contributed by atoms with Crippen molar-refractivity contribution in [3.05, 3.63) is 83.7 Å². The van der Waals surface area contributed by atoms with Crippen molar-refractivity contribution in [3.8, 4) is 0 Å². The van der Waals surface area contributed by atoms with E-state index in [-0.39, 0.29) is 18.0 Å². The lowest BCUT2D eigenvalue weighted by Crippen LogP contribution is -2.49. The van der Waals surface area contributed by atoms with E-state index in [1.54, 1.807) is 12.1 Å². The molecule has 2 saturated heterocycles. The molecule has 0 spiro atoms. The molecule has 0 amide bonds. The quantitative estimate of drug-likeness (QED) is 0.564. The summed E-state index contributed by atoms with van der Waals surface area (Å²) in [5.41, 5.74) is 4.85. The number of halogens is 1. The molecular weight excluding hydrogens is 437 g/mol. The summed E-state index contributed by atoms with van der Waals surface area (Å²) in [6, 6.07) is 15.1. The Morgan fingerprint density at radius 2 is 1.74 bits per heavy atom. The van der Waals surface area contributed by atoms with E-state index in [0.29, 0.717) is 12.6 Å². The maximum Gasteiger partial charge on any atom is 0.123 e. The van der Waals surface area contributed by atoms with Gasteiger partial charge in [0.15, 0.2) is 0 Å². The highest BCUT2D eigenvalue weighted by atomic mass is 19.1. The van der Waals surface area contributed by atoms with E-state index in [1.807, 2.05) is 6.07 Å². The number of likely N-dealkylation sites (tertiary alicyclic amines) is 1. The van der Waals surface area contributed by atoms with E-state index in [1.165, 1.54) is 50.0 Å². The van der Waals surface area contributed by atoms with E-state index < -0.39 is 0 Å². The summed E-state index contributed by atoms with van der Waals surface area (Å²) in [5, 5.41) is 0. The number of allylic oxidation sites excluding steroid dienone is 2. The Bertz CT molecular complexity index is 1080. The van der Waals surface area contributed by atoms with Crippen LogP contribution in [0.2, 0.25) is 0 Å². The Morgan fingerprint density at radius 1 is 0.914 bits per heavy atom. The van der Waals surface area contributed by atoms with E-state index >= 15 is 0 Å². The van der Waals surface area contributed by atoms with Gasteiger partial charge in [0, 0.05) is 49.2 Å². The molecule has 6 rings (SSSR count). The van der Waals surface area contributed by atoms with Crippen molar-refractivity contribution in [2.24, 2.45) is 0 Å². The zero-order chi connectivity index (χ0) is 23.6. The van der Waals surface area contributed by atoms with Gasteiger partial charge in [0.25, 0.3) is 0 Å². The molecule has 4 nitrogen and oxygen atoms in total. The average Bonchev–Trinajstić information content (AvgIpc) is 3.55. The molecule has 2 aromatic rings. The van der Waals surface area contributed by atoms with Crippen molar-refractivity contribution >= 4 is 11.4 Å². The number of benzene rings is 2. The Balaban J connectivity index is 1.15. The van der Waals surface area contributed by atoms with Gasteiger partial charge >= 0.3 is 0 Å². The van der Waals surface area contributed by atoms with E-state index in [4.69, 9.17) is 4.74 Å². The molecule has 35 heavy (non-hydrogen) atoms. The zero-order valence-corrected chi connectivity index (χ0v) is 20.5. The third-order valence-electron chi connectivity index (χ3n) is 8.20. The first-order valence-electron chi connectivity index (χ1n) is 13.3. The Kier molecular flexibility index (Phi) is 6.62. The van der Waals surface area contributed by atoms with Gasteiger partial charge in [-0.05, 0) is 74.5 Å². The first-order chi connectivity index (χ1) is 17.2. The number of anilines is 2. The number of ether oxygens (including phenoxy) is 1. The Hall–Kier alpha value is -2.63. The molecular formula is C30H36FN3O. The van der Waals surface area contributed by atoms with Crippen molar-refractivity contribution in [2.45, 2.75) is 56.9 Å². The molecule has 2 aromatic carbocycles. The van der Waals surface area contributed by atoms with Gasteiger partial charge in [-0.25, -0.2) is 4.39 Å². The lowest BCUT2D eigenvalue weighted by atomic mass is 10.0. The first kappa shape index (κ1) is 22.8. The zero-order valence-electron chi connectivity index (χ0n) is 20.5. The van der Waals surface area contributed by atoms with Crippen LogP contribution >= 0.6 is 0 Å². The van der Waals surface area contributed by atoms with Gasteiger partial charge in [-0.3, -0.25) is 4.90 Å². The minimum Gasteiger partial charge on any atom is -0.372 e. The summed E-state index contributed by atoms with van der Waals surface area (Å²) < 4.78 is 20.3. The number of hydrogen-bond donors (Lipinski definition) is 0. The second-order valence-electron chi connectivity index (χ2n) is 10.4. The Labute approximate surface area is 208 Å². The van der Waals surface area contributed by atoms with Crippen LogP contribution in [0.5, 0.6) is 0 Å². The highest BCUT2D eigenvalue weighted by Crippen LogP contribution is 2.34. The summed E-state index contributed by atoms with van der Waals surface area (Å²) >= 11 is 0. The smallest absolute Gasteiger partial charge is 0.123 e. The number of hydrogen-bond acceptors (Lipinski definition) is 4. The van der Waals surface area contributed by atoms with Crippen LogP contribution in [0, 0.1) is 5.82 Å². The Morgan fingerprint density at radius 3 is 2.60 bits per heavy atom. The maximum atomic E-state index is 14.1. The van der Waals surface area contributed by atoms with Gasteiger partial charge in [-0.1, -0.05) is 36.4 Å². The molecule has 0 aromatic heterocycles. The number of nitrogens with zero attached hydrogens (tertiary/aromatic N) is 3. The molecule has 4 aliphatic rings. The standard InChI is InChI=1S/C30H36FN3O/c31-25-11-14-28-24(20-25)22-35-30-8-2-1-7-29(30)34(28)21-27-6-5-18-33(27)19-15-23-9-12-26(13-10-23)32-16-3-4-17-32/h1-2,7-14,20,27,29-30H,3-6,15-19,21-22H2/t27-,29?,30?/m1/s1. The van der Waals surface area contributed by atoms with E-state index in [2.05, 4.69) is 63.3 Å². The van der Waals surface area contributed by atoms with Crippen molar-refractivity contribution in [1.29, 1.82) is 0 Å². The minimum atomic E-state index is -0.193. The third kappa shape index (κ3) is 4.89. The molecule has 3 heterocycles. The lowest BCUT2D eigenvalue weighted by molar-refractivity contribution is 0.0666. The fourth-order valence-corrected chi connectivity index (χ4v) is 6.27. The van der Waals surface area contributed by atoms with Crippen molar-refractivity contribution in [1.82, 2.24) is 4.90 Å². The second kappa shape index (κ2) is 10.2. The van der Waals surface area contributed by atoms with Crippen LogP contribution in [-0.4, -0.2) is 55.8 Å². The van der Waals surface area contributed by atoms with Crippen LogP contribution in [-0.2, 0) is 17.8 Å². The fraction of sp³-hybridized carbons (Fsp3) is 0.467. The normalized spacial score (nSPS) is 26.1. The van der Waals surface area contributed by atoms with Gasteiger partial charge < -0.3 is 14.5 Å². The second-order valence-corrected chi connectivity index (χ2v) is 10.4. The molecule has 1 aliphatic carbocycles. The molecule has 0 bridgehead atoms. The highest BCUT2D eigenvalue weighted by Gasteiger charge is 2.35. The van der Waals surface area contributed by atoms with Crippen LogP contribution in [0.3, 0.4) is 0 Å². The number of rotatable bonds is 6. The van der Waals surface area contributed by atoms with Gasteiger partial charge in [-0.2, -0.15) is 0 Å². The molecule has 3 aliphatic heterocycles. The molecule has 0 saturated carbocycles. The van der Waals surface area contributed by atoms with Crippen LogP contribution in [0.1, 0.15) is 36.8 Å². The highest BCUT2D eigenvalue weighted by molar-refractivity contribution is 5.57. The van der Waals surface area contributed by atoms with Gasteiger partial charge in [-0.15, -0.1) is 0 Å². The third-order valence-corrected chi connectivity index (χ3v) is 8.20. The molecule has 0 N–H and O–H groups in total. The maximum absolute atomic E-state index is 14.1. The largest absolute Gasteiger partial charge is 0.372 e. The van der Waals surface area contributed by atoms with Crippen LogP contribution in [0.4, 0.5) is 15.8 Å². The van der Waals surface area contributed by atoms with Gasteiger partial charge in [0.2, 0.25) is 0 Å². The molecule has 2 unspecified atom stereocenters. The van der Waals surface area contributed by atoms with Crippen LogP contribution in [0.25, 0.3) is 0 Å². The molecule has 3 atom stereocenters. The monoisotopic (exact) mass is 473 g/mol. The van der Waals surface area contributed by atoms with E-state index in [0.717, 1.165) is 37.3 Å².